The first-order chi connectivity index (χ1) is 13.7. The number of ether oxygens (including phenoxy) is 1. The molecule has 4 rings (SSSR count). The van der Waals surface area contributed by atoms with Crippen molar-refractivity contribution in [2.24, 2.45) is 0 Å². The van der Waals surface area contributed by atoms with E-state index in [0.29, 0.717) is 16.5 Å². The van der Waals surface area contributed by atoms with Crippen LogP contribution in [0.4, 0.5) is 0 Å². The number of benzene rings is 1. The van der Waals surface area contributed by atoms with Crippen LogP contribution in [0, 0.1) is 0 Å². The minimum absolute atomic E-state index is 0. The van der Waals surface area contributed by atoms with Crippen molar-refractivity contribution in [3.8, 4) is 17.0 Å². The van der Waals surface area contributed by atoms with E-state index in [9.17, 15) is 4.79 Å². The maximum absolute atomic E-state index is 12.4. The monoisotopic (exact) mass is 489 g/mol. The number of aromatic nitrogens is 3. The molecule has 0 radical (unpaired) electrons. The number of ketones is 1. The van der Waals surface area contributed by atoms with Gasteiger partial charge in [0, 0.05) is 11.4 Å². The smallest absolute Gasteiger partial charge is 0.237 e. The molecule has 0 saturated carbocycles. The summed E-state index contributed by atoms with van der Waals surface area (Å²) in [7, 11) is 0. The number of hydrogen-bond acceptors (Lipinski definition) is 4. The summed E-state index contributed by atoms with van der Waals surface area (Å²) in [6.45, 7) is 0.653. The highest BCUT2D eigenvalue weighted by Gasteiger charge is 2.16. The van der Waals surface area contributed by atoms with Gasteiger partial charge in [-0.05, 0) is 30.3 Å². The molecule has 148 valence electrons. The van der Waals surface area contributed by atoms with Crippen molar-refractivity contribution >= 4 is 28.7 Å². The second-order valence-corrected chi connectivity index (χ2v) is 7.55. The number of rotatable bonds is 7. The first-order valence-corrected chi connectivity index (χ1v) is 9.92. The molecule has 1 aromatic carbocycles. The van der Waals surface area contributed by atoms with Gasteiger partial charge < -0.3 is 21.7 Å². The number of thiophene rings is 1. The van der Waals surface area contributed by atoms with E-state index >= 15 is 0 Å². The van der Waals surface area contributed by atoms with E-state index in [0.717, 1.165) is 22.7 Å². The molecule has 0 unspecified atom stereocenters. The summed E-state index contributed by atoms with van der Waals surface area (Å²) in [5.41, 5.74) is 2.59. The second kappa shape index (κ2) is 9.82. The largest absolute Gasteiger partial charge is 1.00 e. The summed E-state index contributed by atoms with van der Waals surface area (Å²) < 4.78 is 7.59. The Morgan fingerprint density at radius 3 is 2.76 bits per heavy atom. The van der Waals surface area contributed by atoms with E-state index in [1.54, 1.807) is 11.4 Å². The van der Waals surface area contributed by atoms with Crippen LogP contribution in [0.5, 0.6) is 5.75 Å². The van der Waals surface area contributed by atoms with Crippen molar-refractivity contribution in [1.29, 1.82) is 0 Å². The van der Waals surface area contributed by atoms with Crippen LogP contribution in [-0.4, -0.2) is 16.0 Å². The normalized spacial score (nSPS) is 10.4. The molecule has 1 N–H and O–H groups in total. The van der Waals surface area contributed by atoms with Gasteiger partial charge in [-0.25, -0.2) is 0 Å². The van der Waals surface area contributed by atoms with E-state index in [4.69, 9.17) is 16.3 Å². The Labute approximate surface area is 187 Å². The van der Waals surface area contributed by atoms with Gasteiger partial charge in [-0.15, -0.1) is 11.3 Å². The van der Waals surface area contributed by atoms with Crippen molar-refractivity contribution in [3.63, 3.8) is 0 Å². The molecule has 0 saturated heterocycles. The van der Waals surface area contributed by atoms with Crippen molar-refractivity contribution in [2.75, 3.05) is 0 Å². The molecule has 8 heteroatoms. The van der Waals surface area contributed by atoms with Gasteiger partial charge in [-0.2, -0.15) is 9.67 Å². The van der Waals surface area contributed by atoms with Gasteiger partial charge in [0.05, 0.1) is 26.9 Å². The number of halogens is 2. The van der Waals surface area contributed by atoms with Crippen LogP contribution in [0.2, 0.25) is 5.02 Å². The number of nitrogens with one attached hydrogen (secondary N) is 1. The van der Waals surface area contributed by atoms with Gasteiger partial charge in [0.2, 0.25) is 12.3 Å². The fourth-order valence-corrected chi connectivity index (χ4v) is 3.74. The molecular weight excluding hydrogens is 474 g/mol. The zero-order valence-corrected chi connectivity index (χ0v) is 18.4. The molecule has 3 aromatic heterocycles. The average Bonchev–Trinajstić information content (AvgIpc) is 3.37. The lowest BCUT2D eigenvalue weighted by molar-refractivity contribution is -0.682. The fraction of sp³-hybridized carbons (Fsp3) is 0.0952. The first kappa shape index (κ1) is 21.2. The lowest BCUT2D eigenvalue weighted by atomic mass is 10.2. The maximum atomic E-state index is 12.4. The quantitative estimate of drug-likeness (QED) is 0.316. The molecule has 0 aliphatic carbocycles. The van der Waals surface area contributed by atoms with Crippen LogP contribution in [0.15, 0.2) is 72.4 Å². The van der Waals surface area contributed by atoms with Crippen LogP contribution < -0.4 is 26.3 Å². The minimum atomic E-state index is 0. The van der Waals surface area contributed by atoms with Crippen LogP contribution in [0.3, 0.4) is 0 Å². The Balaban J connectivity index is 0.00000240. The van der Waals surface area contributed by atoms with E-state index < -0.39 is 0 Å². The first-order valence-electron chi connectivity index (χ1n) is 8.66. The van der Waals surface area contributed by atoms with Gasteiger partial charge in [-0.3, -0.25) is 9.89 Å². The SMILES string of the molecule is O=C(C[n+]1cccc(-c2cc(COc3ccccc3)[nH]n2)c1)c1cc(Cl)cs1.[Br-]. The molecule has 0 spiro atoms. The zero-order chi connectivity index (χ0) is 19.3. The van der Waals surface area contributed by atoms with E-state index in [-0.39, 0.29) is 29.3 Å². The summed E-state index contributed by atoms with van der Waals surface area (Å²) in [5.74, 6) is 0.835. The highest BCUT2D eigenvalue weighted by molar-refractivity contribution is 7.12. The lowest BCUT2D eigenvalue weighted by Crippen LogP contribution is -3.00. The maximum Gasteiger partial charge on any atom is 0.237 e. The van der Waals surface area contributed by atoms with Crippen molar-refractivity contribution in [2.45, 2.75) is 13.2 Å². The molecule has 5 nitrogen and oxygen atoms in total. The molecular formula is C21H17BrClN3O2S. The average molecular weight is 491 g/mol. The second-order valence-electron chi connectivity index (χ2n) is 6.20. The number of carbonyl (C=O) groups excluding carboxylic acids is 1. The molecule has 0 atom stereocenters. The van der Waals surface area contributed by atoms with Gasteiger partial charge in [-0.1, -0.05) is 29.8 Å². The van der Waals surface area contributed by atoms with Gasteiger partial charge in [0.25, 0.3) is 0 Å². The summed E-state index contributed by atoms with van der Waals surface area (Å²) in [6, 6.07) is 17.1. The predicted molar refractivity (Wildman–Crippen MR) is 109 cm³/mol. The van der Waals surface area contributed by atoms with E-state index in [2.05, 4.69) is 10.2 Å². The lowest BCUT2D eigenvalue weighted by Gasteiger charge is -2.02. The Hall–Kier alpha value is -2.48. The summed E-state index contributed by atoms with van der Waals surface area (Å²) in [4.78, 5) is 13.0. The molecule has 0 amide bonds. The Bertz CT molecular complexity index is 1100. The molecule has 0 fully saturated rings. The number of para-hydroxylation sites is 1. The predicted octanol–water partition coefficient (Wildman–Crippen LogP) is 1.54. The molecule has 29 heavy (non-hydrogen) atoms. The number of carbonyl (C=O) groups is 1. The summed E-state index contributed by atoms with van der Waals surface area (Å²) in [5, 5.41) is 9.72. The molecule has 4 aromatic rings. The van der Waals surface area contributed by atoms with Crippen LogP contribution in [0.1, 0.15) is 15.4 Å². The van der Waals surface area contributed by atoms with E-state index in [1.807, 2.05) is 65.5 Å². The molecule has 0 aliphatic rings. The number of pyridine rings is 1. The highest BCUT2D eigenvalue weighted by Crippen LogP contribution is 2.20. The molecule has 0 aliphatic heterocycles. The Morgan fingerprint density at radius 1 is 1.17 bits per heavy atom. The standard InChI is InChI=1S/C21H17ClN3O2S.BrH/c22-16-9-21(28-14-16)20(26)12-25-8-4-5-15(11-25)19-10-17(23-24-19)13-27-18-6-2-1-3-7-18;/h1-11,14H,12-13H2,(H,23,24);1H/q+1;/p-1. The minimum Gasteiger partial charge on any atom is -1.00 e. The van der Waals surface area contributed by atoms with Crippen molar-refractivity contribution < 1.29 is 31.1 Å². The number of hydrogen-bond donors (Lipinski definition) is 1. The van der Waals surface area contributed by atoms with Crippen LogP contribution in [-0.2, 0) is 13.2 Å². The number of Topliss-reactive ketones (excluding diaryl/α,β-unsaturated/α-hetero) is 1. The highest BCUT2D eigenvalue weighted by atomic mass is 79.9. The zero-order valence-electron chi connectivity index (χ0n) is 15.2. The van der Waals surface area contributed by atoms with Gasteiger partial charge >= 0.3 is 0 Å². The van der Waals surface area contributed by atoms with Gasteiger partial charge in [0.15, 0.2) is 12.4 Å². The Morgan fingerprint density at radius 2 is 2.00 bits per heavy atom. The third kappa shape index (κ3) is 5.53. The Kier molecular flexibility index (Phi) is 7.19. The summed E-state index contributed by atoms with van der Waals surface area (Å²) in [6.07, 6.45) is 3.77. The molecule has 0 bridgehead atoms. The van der Waals surface area contributed by atoms with Crippen LogP contribution in [0.25, 0.3) is 11.3 Å². The van der Waals surface area contributed by atoms with Crippen LogP contribution >= 0.6 is 22.9 Å². The van der Waals surface area contributed by atoms with Crippen molar-refractivity contribution in [3.05, 3.63) is 88.0 Å². The number of aromatic amines is 1. The number of H-pyrrole nitrogens is 1. The van der Waals surface area contributed by atoms with E-state index in [1.165, 1.54) is 11.3 Å². The fourth-order valence-electron chi connectivity index (χ4n) is 2.74. The summed E-state index contributed by atoms with van der Waals surface area (Å²) >= 11 is 7.27. The topological polar surface area (TPSA) is 58.9 Å². The third-order valence-corrected chi connectivity index (χ3v) is 5.41. The van der Waals surface area contributed by atoms with Crippen molar-refractivity contribution in [1.82, 2.24) is 10.2 Å². The third-order valence-electron chi connectivity index (χ3n) is 4.09. The number of nitrogens with zero attached hydrogens (tertiary/aromatic N) is 2. The molecule has 3 heterocycles. The van der Waals surface area contributed by atoms with Gasteiger partial charge in [0.1, 0.15) is 12.4 Å².